The highest BCUT2D eigenvalue weighted by Gasteiger charge is 2.12. The summed E-state index contributed by atoms with van der Waals surface area (Å²) in [5.41, 5.74) is 2.57. The number of nitrogens with zero attached hydrogens (tertiary/aromatic N) is 1. The van der Waals surface area contributed by atoms with Crippen LogP contribution in [0.2, 0.25) is 0 Å². The first kappa shape index (κ1) is 17.9. The van der Waals surface area contributed by atoms with Gasteiger partial charge in [-0.15, -0.1) is 6.58 Å². The van der Waals surface area contributed by atoms with E-state index in [9.17, 15) is 5.11 Å². The molecule has 0 bridgehead atoms. The molecule has 0 heterocycles. The standard InChI is InChI=1S/C18H29NO2/c1-4-5-10-18(20)15-19(11-7-12-21-3)14-17-9-6-8-16(2)13-17/h4,6,8-9,13,18,20H,1,5,7,10-12,14-15H2,2-3H3. The van der Waals surface area contributed by atoms with Crippen LogP contribution in [0.15, 0.2) is 36.9 Å². The van der Waals surface area contributed by atoms with Gasteiger partial charge in [0.15, 0.2) is 0 Å². The van der Waals surface area contributed by atoms with Crippen LogP contribution in [0.4, 0.5) is 0 Å². The molecule has 0 spiro atoms. The maximum absolute atomic E-state index is 10.1. The van der Waals surface area contributed by atoms with Gasteiger partial charge in [-0.25, -0.2) is 0 Å². The first-order chi connectivity index (χ1) is 10.2. The number of ether oxygens (including phenoxy) is 1. The number of allylic oxidation sites excluding steroid dienone is 1. The predicted molar refractivity (Wildman–Crippen MR) is 88.4 cm³/mol. The van der Waals surface area contributed by atoms with Gasteiger partial charge in [0.2, 0.25) is 0 Å². The molecule has 21 heavy (non-hydrogen) atoms. The van der Waals surface area contributed by atoms with Crippen molar-refractivity contribution in [3.63, 3.8) is 0 Å². The third-order valence-electron chi connectivity index (χ3n) is 3.48. The fraction of sp³-hybridized carbons (Fsp3) is 0.556. The van der Waals surface area contributed by atoms with Crippen molar-refractivity contribution in [3.05, 3.63) is 48.0 Å². The molecule has 1 unspecified atom stereocenters. The van der Waals surface area contributed by atoms with Crippen LogP contribution in [-0.2, 0) is 11.3 Å². The van der Waals surface area contributed by atoms with Crippen molar-refractivity contribution < 1.29 is 9.84 Å². The van der Waals surface area contributed by atoms with E-state index in [1.165, 1.54) is 11.1 Å². The molecule has 0 saturated heterocycles. The summed E-state index contributed by atoms with van der Waals surface area (Å²) in [5.74, 6) is 0. The van der Waals surface area contributed by atoms with E-state index in [4.69, 9.17) is 4.74 Å². The van der Waals surface area contributed by atoms with Crippen molar-refractivity contribution in [2.75, 3.05) is 26.8 Å². The van der Waals surface area contributed by atoms with Gasteiger partial charge in [-0.3, -0.25) is 4.90 Å². The van der Waals surface area contributed by atoms with Gasteiger partial charge in [0.05, 0.1) is 6.10 Å². The number of hydrogen-bond donors (Lipinski definition) is 1. The number of rotatable bonds is 11. The maximum atomic E-state index is 10.1. The Kier molecular flexibility index (Phi) is 8.99. The molecule has 0 radical (unpaired) electrons. The highest BCUT2D eigenvalue weighted by atomic mass is 16.5. The fourth-order valence-electron chi connectivity index (χ4n) is 2.44. The Morgan fingerprint density at radius 2 is 2.24 bits per heavy atom. The molecule has 3 nitrogen and oxygen atoms in total. The molecule has 0 aromatic heterocycles. The smallest absolute Gasteiger partial charge is 0.0670 e. The molecule has 0 fully saturated rings. The van der Waals surface area contributed by atoms with Crippen LogP contribution in [0.1, 0.15) is 30.4 Å². The lowest BCUT2D eigenvalue weighted by Crippen LogP contribution is -2.33. The number of aliphatic hydroxyl groups is 1. The molecule has 3 heteroatoms. The minimum Gasteiger partial charge on any atom is -0.392 e. The highest BCUT2D eigenvalue weighted by Crippen LogP contribution is 2.10. The van der Waals surface area contributed by atoms with Crippen LogP contribution < -0.4 is 0 Å². The Balaban J connectivity index is 2.56. The van der Waals surface area contributed by atoms with E-state index in [0.29, 0.717) is 6.54 Å². The topological polar surface area (TPSA) is 32.7 Å². The van der Waals surface area contributed by atoms with E-state index < -0.39 is 0 Å². The Morgan fingerprint density at radius 3 is 2.90 bits per heavy atom. The molecule has 1 N–H and O–H groups in total. The zero-order chi connectivity index (χ0) is 15.5. The SMILES string of the molecule is C=CCCC(O)CN(CCCOC)Cc1cccc(C)c1. The second-order valence-corrected chi connectivity index (χ2v) is 5.59. The summed E-state index contributed by atoms with van der Waals surface area (Å²) < 4.78 is 5.13. The van der Waals surface area contributed by atoms with Crippen LogP contribution in [0.5, 0.6) is 0 Å². The normalized spacial score (nSPS) is 12.6. The molecule has 118 valence electrons. The Bertz CT molecular complexity index is 406. The molecular formula is C18H29NO2. The molecule has 1 atom stereocenters. The van der Waals surface area contributed by atoms with Gasteiger partial charge in [0.25, 0.3) is 0 Å². The summed E-state index contributed by atoms with van der Waals surface area (Å²) in [5, 5.41) is 10.1. The minimum atomic E-state index is -0.296. The van der Waals surface area contributed by atoms with E-state index in [0.717, 1.165) is 39.0 Å². The van der Waals surface area contributed by atoms with Crippen molar-refractivity contribution in [1.29, 1.82) is 0 Å². The van der Waals surface area contributed by atoms with Crippen molar-refractivity contribution in [2.24, 2.45) is 0 Å². The molecule has 1 aromatic rings. The molecule has 0 amide bonds. The lowest BCUT2D eigenvalue weighted by atomic mass is 10.1. The molecule has 1 rings (SSSR count). The molecule has 0 aliphatic heterocycles. The van der Waals surface area contributed by atoms with Crippen LogP contribution in [-0.4, -0.2) is 42.9 Å². The van der Waals surface area contributed by atoms with E-state index >= 15 is 0 Å². The number of methoxy groups -OCH3 is 1. The maximum Gasteiger partial charge on any atom is 0.0670 e. The third-order valence-corrected chi connectivity index (χ3v) is 3.48. The summed E-state index contributed by atoms with van der Waals surface area (Å²) in [7, 11) is 1.73. The summed E-state index contributed by atoms with van der Waals surface area (Å²) in [4.78, 5) is 2.31. The average Bonchev–Trinajstić information content (AvgIpc) is 2.45. The number of aryl methyl sites for hydroxylation is 1. The van der Waals surface area contributed by atoms with Gasteiger partial charge in [-0.1, -0.05) is 35.9 Å². The van der Waals surface area contributed by atoms with Crippen LogP contribution in [0, 0.1) is 6.92 Å². The quantitative estimate of drug-likeness (QED) is 0.502. The van der Waals surface area contributed by atoms with Crippen molar-refractivity contribution in [3.8, 4) is 0 Å². The minimum absolute atomic E-state index is 0.296. The largest absolute Gasteiger partial charge is 0.392 e. The summed E-state index contributed by atoms with van der Waals surface area (Å²) in [6.45, 7) is 9.08. The zero-order valence-corrected chi connectivity index (χ0v) is 13.4. The van der Waals surface area contributed by atoms with Crippen molar-refractivity contribution in [2.45, 2.75) is 38.8 Å². The molecule has 1 aromatic carbocycles. The average molecular weight is 291 g/mol. The van der Waals surface area contributed by atoms with Crippen molar-refractivity contribution >= 4 is 0 Å². The fourth-order valence-corrected chi connectivity index (χ4v) is 2.44. The van der Waals surface area contributed by atoms with E-state index in [2.05, 4.69) is 42.7 Å². The van der Waals surface area contributed by atoms with Gasteiger partial charge in [-0.05, 0) is 31.7 Å². The predicted octanol–water partition coefficient (Wildman–Crippen LogP) is 3.16. The Morgan fingerprint density at radius 1 is 1.43 bits per heavy atom. The number of aliphatic hydroxyl groups excluding tert-OH is 1. The van der Waals surface area contributed by atoms with Gasteiger partial charge in [0.1, 0.15) is 0 Å². The Hall–Kier alpha value is -1.16. The Labute approximate surface area is 129 Å². The summed E-state index contributed by atoms with van der Waals surface area (Å²) in [6, 6.07) is 8.55. The van der Waals surface area contributed by atoms with Gasteiger partial charge in [-0.2, -0.15) is 0 Å². The van der Waals surface area contributed by atoms with Gasteiger partial charge < -0.3 is 9.84 Å². The van der Waals surface area contributed by atoms with E-state index in [-0.39, 0.29) is 6.10 Å². The zero-order valence-electron chi connectivity index (χ0n) is 13.4. The van der Waals surface area contributed by atoms with Crippen LogP contribution >= 0.6 is 0 Å². The first-order valence-electron chi connectivity index (χ1n) is 7.71. The molecule has 0 saturated carbocycles. The van der Waals surface area contributed by atoms with E-state index in [1.807, 2.05) is 6.08 Å². The summed E-state index contributed by atoms with van der Waals surface area (Å²) >= 11 is 0. The summed E-state index contributed by atoms with van der Waals surface area (Å²) in [6.07, 6.45) is 4.18. The second-order valence-electron chi connectivity index (χ2n) is 5.59. The molecular weight excluding hydrogens is 262 g/mol. The van der Waals surface area contributed by atoms with E-state index in [1.54, 1.807) is 7.11 Å². The van der Waals surface area contributed by atoms with Gasteiger partial charge in [0, 0.05) is 33.4 Å². The second kappa shape index (κ2) is 10.6. The van der Waals surface area contributed by atoms with Gasteiger partial charge >= 0.3 is 0 Å². The van der Waals surface area contributed by atoms with Crippen LogP contribution in [0.25, 0.3) is 0 Å². The third kappa shape index (κ3) is 8.00. The first-order valence-corrected chi connectivity index (χ1v) is 7.71. The molecule has 0 aliphatic carbocycles. The van der Waals surface area contributed by atoms with Crippen LogP contribution in [0.3, 0.4) is 0 Å². The number of benzene rings is 1. The number of hydrogen-bond acceptors (Lipinski definition) is 3. The van der Waals surface area contributed by atoms with Crippen molar-refractivity contribution in [1.82, 2.24) is 4.90 Å². The lowest BCUT2D eigenvalue weighted by molar-refractivity contribution is 0.0941. The highest BCUT2D eigenvalue weighted by molar-refractivity contribution is 5.22. The monoisotopic (exact) mass is 291 g/mol. The lowest BCUT2D eigenvalue weighted by Gasteiger charge is -2.25. The molecule has 0 aliphatic rings.